The van der Waals surface area contributed by atoms with Crippen molar-refractivity contribution >= 4 is 17.5 Å². The van der Waals surface area contributed by atoms with E-state index in [0.717, 1.165) is 23.5 Å². The molecule has 4 heteroatoms. The number of benzene rings is 1. The highest BCUT2D eigenvalue weighted by Crippen LogP contribution is 2.16. The number of nitrogens with zero attached hydrogens (tertiary/aromatic N) is 2. The molecule has 100 valence electrons. The smallest absolute Gasteiger partial charge is 0.168 e. The standard InChI is InChI=1S/C15H18N2OS/c1-4-17-13(9-11(2)16-17)10-15(18)12-5-7-14(19-3)8-6-12/h5-9H,4,10H2,1-3H3. The molecular formula is C15H18N2OS. The molecule has 2 aromatic rings. The molecule has 1 heterocycles. The normalized spacial score (nSPS) is 10.7. The van der Waals surface area contributed by atoms with Gasteiger partial charge in [0.1, 0.15) is 0 Å². The van der Waals surface area contributed by atoms with E-state index in [1.165, 1.54) is 4.90 Å². The molecule has 1 aromatic carbocycles. The largest absolute Gasteiger partial charge is 0.294 e. The van der Waals surface area contributed by atoms with Crippen LogP contribution in [0, 0.1) is 6.92 Å². The van der Waals surface area contributed by atoms with Gasteiger partial charge < -0.3 is 0 Å². The number of hydrogen-bond acceptors (Lipinski definition) is 3. The highest BCUT2D eigenvalue weighted by atomic mass is 32.2. The summed E-state index contributed by atoms with van der Waals surface area (Å²) in [7, 11) is 0. The third-order valence-electron chi connectivity index (χ3n) is 3.04. The van der Waals surface area contributed by atoms with Gasteiger partial charge in [0.15, 0.2) is 5.78 Å². The zero-order valence-corrected chi connectivity index (χ0v) is 12.3. The fourth-order valence-electron chi connectivity index (χ4n) is 2.06. The van der Waals surface area contributed by atoms with E-state index in [4.69, 9.17) is 0 Å². The topological polar surface area (TPSA) is 34.9 Å². The first-order valence-corrected chi connectivity index (χ1v) is 7.57. The van der Waals surface area contributed by atoms with Crippen LogP contribution in [0.25, 0.3) is 0 Å². The molecule has 1 aromatic heterocycles. The van der Waals surface area contributed by atoms with Crippen molar-refractivity contribution in [2.45, 2.75) is 31.7 Å². The summed E-state index contributed by atoms with van der Waals surface area (Å²) in [6.45, 7) is 4.78. The molecule has 0 amide bonds. The predicted molar refractivity (Wildman–Crippen MR) is 78.9 cm³/mol. The zero-order valence-electron chi connectivity index (χ0n) is 11.5. The summed E-state index contributed by atoms with van der Waals surface area (Å²) in [5.74, 6) is 0.141. The van der Waals surface area contributed by atoms with Gasteiger partial charge in [0, 0.05) is 22.7 Å². The Hall–Kier alpha value is -1.55. The van der Waals surface area contributed by atoms with Gasteiger partial charge in [0.25, 0.3) is 0 Å². The van der Waals surface area contributed by atoms with Crippen LogP contribution < -0.4 is 0 Å². The van der Waals surface area contributed by atoms with Crippen molar-refractivity contribution in [1.29, 1.82) is 0 Å². The average Bonchev–Trinajstić information content (AvgIpc) is 2.78. The van der Waals surface area contributed by atoms with Crippen LogP contribution in [0.3, 0.4) is 0 Å². The number of aromatic nitrogens is 2. The fraction of sp³-hybridized carbons (Fsp3) is 0.333. The van der Waals surface area contributed by atoms with Gasteiger partial charge in [-0.05, 0) is 38.3 Å². The van der Waals surface area contributed by atoms with Crippen LogP contribution in [0.4, 0.5) is 0 Å². The van der Waals surface area contributed by atoms with Crippen molar-refractivity contribution in [2.75, 3.05) is 6.26 Å². The Morgan fingerprint density at radius 1 is 1.32 bits per heavy atom. The second-order valence-corrected chi connectivity index (χ2v) is 5.30. The molecule has 0 aliphatic rings. The van der Waals surface area contributed by atoms with Gasteiger partial charge in [-0.25, -0.2) is 0 Å². The minimum Gasteiger partial charge on any atom is -0.294 e. The lowest BCUT2D eigenvalue weighted by Crippen LogP contribution is -2.09. The molecule has 0 saturated carbocycles. The number of aryl methyl sites for hydroxylation is 2. The van der Waals surface area contributed by atoms with Crippen molar-refractivity contribution in [3.8, 4) is 0 Å². The van der Waals surface area contributed by atoms with Gasteiger partial charge in [0.05, 0.1) is 12.1 Å². The van der Waals surface area contributed by atoms with E-state index >= 15 is 0 Å². The number of carbonyl (C=O) groups excluding carboxylic acids is 1. The van der Waals surface area contributed by atoms with Gasteiger partial charge in [-0.1, -0.05) is 12.1 Å². The van der Waals surface area contributed by atoms with Crippen LogP contribution in [0.15, 0.2) is 35.2 Å². The third-order valence-corrected chi connectivity index (χ3v) is 3.78. The highest BCUT2D eigenvalue weighted by molar-refractivity contribution is 7.98. The molecule has 0 unspecified atom stereocenters. The van der Waals surface area contributed by atoms with E-state index in [0.29, 0.717) is 6.42 Å². The quantitative estimate of drug-likeness (QED) is 0.619. The van der Waals surface area contributed by atoms with Gasteiger partial charge in [-0.2, -0.15) is 5.10 Å². The summed E-state index contributed by atoms with van der Waals surface area (Å²) in [5.41, 5.74) is 2.71. The molecule has 0 bridgehead atoms. The molecular weight excluding hydrogens is 256 g/mol. The maximum absolute atomic E-state index is 12.2. The van der Waals surface area contributed by atoms with Crippen LogP contribution in [0.2, 0.25) is 0 Å². The maximum atomic E-state index is 12.2. The molecule has 0 aliphatic carbocycles. The Morgan fingerprint density at radius 2 is 2.00 bits per heavy atom. The van der Waals surface area contributed by atoms with Crippen LogP contribution in [0.1, 0.15) is 28.7 Å². The number of rotatable bonds is 5. The second-order valence-electron chi connectivity index (χ2n) is 4.42. The van der Waals surface area contributed by atoms with E-state index in [-0.39, 0.29) is 5.78 Å². The summed E-state index contributed by atoms with van der Waals surface area (Å²) >= 11 is 1.68. The molecule has 0 N–H and O–H groups in total. The van der Waals surface area contributed by atoms with Gasteiger partial charge in [-0.15, -0.1) is 11.8 Å². The Kier molecular flexibility index (Phi) is 4.43. The lowest BCUT2D eigenvalue weighted by atomic mass is 10.1. The monoisotopic (exact) mass is 274 g/mol. The van der Waals surface area contributed by atoms with E-state index in [1.807, 2.05) is 55.1 Å². The van der Waals surface area contributed by atoms with Crippen LogP contribution in [0.5, 0.6) is 0 Å². The number of carbonyl (C=O) groups is 1. The molecule has 19 heavy (non-hydrogen) atoms. The van der Waals surface area contributed by atoms with E-state index in [1.54, 1.807) is 11.8 Å². The van der Waals surface area contributed by atoms with Crippen molar-refractivity contribution < 1.29 is 4.79 Å². The van der Waals surface area contributed by atoms with Crippen molar-refractivity contribution in [3.05, 3.63) is 47.3 Å². The summed E-state index contributed by atoms with van der Waals surface area (Å²) in [4.78, 5) is 13.4. The van der Waals surface area contributed by atoms with Crippen molar-refractivity contribution in [2.24, 2.45) is 0 Å². The molecule has 2 rings (SSSR count). The number of Topliss-reactive ketones (excluding diaryl/α,β-unsaturated/α-hetero) is 1. The Balaban J connectivity index is 2.15. The van der Waals surface area contributed by atoms with E-state index in [2.05, 4.69) is 5.10 Å². The molecule has 0 saturated heterocycles. The minimum absolute atomic E-state index is 0.141. The van der Waals surface area contributed by atoms with E-state index < -0.39 is 0 Å². The highest BCUT2D eigenvalue weighted by Gasteiger charge is 2.11. The lowest BCUT2D eigenvalue weighted by molar-refractivity contribution is 0.0990. The first kappa shape index (κ1) is 13.9. The average molecular weight is 274 g/mol. The summed E-state index contributed by atoms with van der Waals surface area (Å²) < 4.78 is 1.89. The number of ketones is 1. The summed E-state index contributed by atoms with van der Waals surface area (Å²) in [5, 5.41) is 4.36. The molecule has 0 fully saturated rings. The van der Waals surface area contributed by atoms with Gasteiger partial charge in [0.2, 0.25) is 0 Å². The minimum atomic E-state index is 0.141. The second kappa shape index (κ2) is 6.06. The Morgan fingerprint density at radius 3 is 2.58 bits per heavy atom. The molecule has 3 nitrogen and oxygen atoms in total. The molecule has 0 aliphatic heterocycles. The zero-order chi connectivity index (χ0) is 13.8. The third kappa shape index (κ3) is 3.26. The van der Waals surface area contributed by atoms with Crippen molar-refractivity contribution in [3.63, 3.8) is 0 Å². The fourth-order valence-corrected chi connectivity index (χ4v) is 2.47. The number of thioether (sulfide) groups is 1. The first-order chi connectivity index (χ1) is 9.13. The van der Waals surface area contributed by atoms with Gasteiger partial charge >= 0.3 is 0 Å². The predicted octanol–water partition coefficient (Wildman–Crippen LogP) is 3.36. The van der Waals surface area contributed by atoms with Crippen LogP contribution in [-0.2, 0) is 13.0 Å². The molecule has 0 radical (unpaired) electrons. The first-order valence-electron chi connectivity index (χ1n) is 6.34. The molecule has 0 spiro atoms. The Labute approximate surface area is 118 Å². The van der Waals surface area contributed by atoms with Crippen LogP contribution in [-0.4, -0.2) is 21.8 Å². The Bertz CT molecular complexity index is 572. The maximum Gasteiger partial charge on any atom is 0.168 e. The van der Waals surface area contributed by atoms with E-state index in [9.17, 15) is 4.79 Å². The number of hydrogen-bond donors (Lipinski definition) is 0. The summed E-state index contributed by atoms with van der Waals surface area (Å²) in [6.07, 6.45) is 2.44. The SMILES string of the molecule is CCn1nc(C)cc1CC(=O)c1ccc(SC)cc1. The molecule has 0 atom stereocenters. The lowest BCUT2D eigenvalue weighted by Gasteiger charge is -2.04. The van der Waals surface area contributed by atoms with Crippen molar-refractivity contribution in [1.82, 2.24) is 9.78 Å². The van der Waals surface area contributed by atoms with Gasteiger partial charge in [-0.3, -0.25) is 9.48 Å². The van der Waals surface area contributed by atoms with Crippen LogP contribution >= 0.6 is 11.8 Å². The summed E-state index contributed by atoms with van der Waals surface area (Å²) in [6, 6.07) is 9.75.